The zero-order valence-electron chi connectivity index (χ0n) is 24.2. The first-order valence-electron chi connectivity index (χ1n) is 14.2. The van der Waals surface area contributed by atoms with Gasteiger partial charge in [-0.1, -0.05) is 13.8 Å². The van der Waals surface area contributed by atoms with Crippen molar-refractivity contribution < 1.29 is 43.8 Å². The standard InChI is InChI=1S/C26H45N7O9/c1-15(2)12-19(25(40)33-18(26(41)42)8-9-22(36)37)32-21(35)14-30-24(39)17(6-3-4-10-27)31-20(34)13-29-23(38)16-7-5-11-28-16/h15-19,28H,3-14,27H2,1-2H3,(H,29,38)(H,30,39)(H,31,34)(H,32,35)(H,33,40)(H,36,37)(H,41,42)/t16-,17-,18-,19-/m0/s1. The number of nitrogens with one attached hydrogen (secondary N) is 6. The van der Waals surface area contributed by atoms with Crippen LogP contribution in [-0.4, -0.2) is 102 Å². The molecule has 1 saturated heterocycles. The maximum atomic E-state index is 12.8. The van der Waals surface area contributed by atoms with Gasteiger partial charge in [0.25, 0.3) is 0 Å². The Morgan fingerprint density at radius 2 is 1.48 bits per heavy atom. The quantitative estimate of drug-likeness (QED) is 0.0663. The van der Waals surface area contributed by atoms with Crippen LogP contribution in [0.4, 0.5) is 0 Å². The summed E-state index contributed by atoms with van der Waals surface area (Å²) in [5.74, 6) is -5.78. The fourth-order valence-corrected chi connectivity index (χ4v) is 4.24. The van der Waals surface area contributed by atoms with Crippen molar-refractivity contribution in [2.45, 2.75) is 89.4 Å². The molecule has 0 radical (unpaired) electrons. The van der Waals surface area contributed by atoms with Gasteiger partial charge in [-0.3, -0.25) is 28.8 Å². The van der Waals surface area contributed by atoms with E-state index in [0.717, 1.165) is 13.0 Å². The number of carbonyl (C=O) groups excluding carboxylic acids is 5. The Labute approximate surface area is 244 Å². The molecule has 1 aliphatic heterocycles. The van der Waals surface area contributed by atoms with Gasteiger partial charge in [0, 0.05) is 6.42 Å². The smallest absolute Gasteiger partial charge is 0.326 e. The number of unbranched alkanes of at least 4 members (excludes halogenated alkanes) is 1. The number of nitrogens with two attached hydrogens (primary N) is 1. The monoisotopic (exact) mass is 599 g/mol. The van der Waals surface area contributed by atoms with Gasteiger partial charge in [-0.25, -0.2) is 4.79 Å². The van der Waals surface area contributed by atoms with E-state index < -0.39 is 66.7 Å². The molecule has 0 aromatic rings. The molecule has 0 bridgehead atoms. The molecule has 0 saturated carbocycles. The summed E-state index contributed by atoms with van der Waals surface area (Å²) in [4.78, 5) is 85.1. The minimum absolute atomic E-state index is 0.0787. The fraction of sp³-hybridized carbons (Fsp3) is 0.731. The molecular formula is C26H45N7O9. The highest BCUT2D eigenvalue weighted by Gasteiger charge is 2.28. The van der Waals surface area contributed by atoms with E-state index >= 15 is 0 Å². The molecule has 1 fully saturated rings. The summed E-state index contributed by atoms with van der Waals surface area (Å²) in [6, 6.07) is -3.96. The molecule has 238 valence electrons. The van der Waals surface area contributed by atoms with Crippen LogP contribution in [0.15, 0.2) is 0 Å². The SMILES string of the molecule is CC(C)C[C@H](NC(=O)CNC(=O)[C@H](CCCCN)NC(=O)CNC(=O)[C@@H]1CCCN1)C(=O)N[C@@H](CCC(=O)O)C(=O)O. The predicted molar refractivity (Wildman–Crippen MR) is 150 cm³/mol. The molecule has 10 N–H and O–H groups in total. The van der Waals surface area contributed by atoms with E-state index in [1.165, 1.54) is 0 Å². The van der Waals surface area contributed by atoms with Crippen LogP contribution in [0.1, 0.15) is 65.2 Å². The van der Waals surface area contributed by atoms with Crippen molar-refractivity contribution in [1.29, 1.82) is 0 Å². The molecule has 0 aliphatic carbocycles. The second-order valence-electron chi connectivity index (χ2n) is 10.6. The number of carboxylic acid groups (broad SMARTS) is 2. The van der Waals surface area contributed by atoms with Crippen LogP contribution in [0.3, 0.4) is 0 Å². The minimum atomic E-state index is -1.46. The van der Waals surface area contributed by atoms with Crippen molar-refractivity contribution in [2.75, 3.05) is 26.2 Å². The normalized spacial score (nSPS) is 16.5. The molecule has 0 aromatic heterocycles. The van der Waals surface area contributed by atoms with E-state index in [4.69, 9.17) is 10.8 Å². The number of rotatable bonds is 20. The number of carboxylic acids is 2. The topological polar surface area (TPSA) is 258 Å². The van der Waals surface area contributed by atoms with Crippen molar-refractivity contribution in [3.8, 4) is 0 Å². The predicted octanol–water partition coefficient (Wildman–Crippen LogP) is -2.45. The van der Waals surface area contributed by atoms with Crippen molar-refractivity contribution >= 4 is 41.5 Å². The summed E-state index contributed by atoms with van der Waals surface area (Å²) < 4.78 is 0. The molecule has 0 unspecified atom stereocenters. The molecule has 16 heteroatoms. The van der Waals surface area contributed by atoms with Gasteiger partial charge in [-0.15, -0.1) is 0 Å². The van der Waals surface area contributed by atoms with Crippen LogP contribution in [0.5, 0.6) is 0 Å². The van der Waals surface area contributed by atoms with Crippen LogP contribution in [0.25, 0.3) is 0 Å². The summed E-state index contributed by atoms with van der Waals surface area (Å²) in [5, 5.41) is 33.4. The molecule has 1 heterocycles. The first-order valence-corrected chi connectivity index (χ1v) is 14.2. The number of hydrogen-bond donors (Lipinski definition) is 9. The number of carbonyl (C=O) groups is 7. The van der Waals surface area contributed by atoms with Gasteiger partial charge in [0.2, 0.25) is 29.5 Å². The molecule has 0 spiro atoms. The van der Waals surface area contributed by atoms with Crippen LogP contribution >= 0.6 is 0 Å². The maximum Gasteiger partial charge on any atom is 0.326 e. The lowest BCUT2D eigenvalue weighted by Gasteiger charge is -2.23. The van der Waals surface area contributed by atoms with Crippen molar-refractivity contribution in [3.05, 3.63) is 0 Å². The third-order valence-corrected chi connectivity index (χ3v) is 6.44. The summed E-state index contributed by atoms with van der Waals surface area (Å²) in [6.07, 6.45) is 2.22. The van der Waals surface area contributed by atoms with Gasteiger partial charge >= 0.3 is 11.9 Å². The van der Waals surface area contributed by atoms with Crippen molar-refractivity contribution in [3.63, 3.8) is 0 Å². The largest absolute Gasteiger partial charge is 0.481 e. The van der Waals surface area contributed by atoms with Crippen molar-refractivity contribution in [2.24, 2.45) is 11.7 Å². The molecular weight excluding hydrogens is 554 g/mol. The van der Waals surface area contributed by atoms with Gasteiger partial charge in [0.1, 0.15) is 18.1 Å². The lowest BCUT2D eigenvalue weighted by molar-refractivity contribution is -0.143. The van der Waals surface area contributed by atoms with E-state index in [2.05, 4.69) is 31.9 Å². The van der Waals surface area contributed by atoms with E-state index in [-0.39, 0.29) is 43.7 Å². The minimum Gasteiger partial charge on any atom is -0.481 e. The number of aliphatic carboxylic acids is 2. The zero-order valence-corrected chi connectivity index (χ0v) is 24.2. The van der Waals surface area contributed by atoms with Gasteiger partial charge < -0.3 is 47.8 Å². The van der Waals surface area contributed by atoms with Crippen LogP contribution in [-0.2, 0) is 33.6 Å². The van der Waals surface area contributed by atoms with Crippen LogP contribution in [0.2, 0.25) is 0 Å². The Bertz CT molecular complexity index is 954. The van der Waals surface area contributed by atoms with E-state index in [0.29, 0.717) is 25.8 Å². The lowest BCUT2D eigenvalue weighted by atomic mass is 10.0. The Morgan fingerprint density at radius 3 is 2.02 bits per heavy atom. The zero-order chi connectivity index (χ0) is 31.7. The van der Waals surface area contributed by atoms with Gasteiger partial charge in [-0.2, -0.15) is 0 Å². The van der Waals surface area contributed by atoms with Crippen LogP contribution in [0, 0.1) is 5.92 Å². The summed E-state index contributed by atoms with van der Waals surface area (Å²) >= 11 is 0. The molecule has 42 heavy (non-hydrogen) atoms. The molecule has 1 aliphatic rings. The highest BCUT2D eigenvalue weighted by atomic mass is 16.4. The highest BCUT2D eigenvalue weighted by molar-refractivity contribution is 5.94. The molecule has 0 aromatic carbocycles. The van der Waals surface area contributed by atoms with E-state index in [9.17, 15) is 38.7 Å². The molecule has 1 rings (SSSR count). The Morgan fingerprint density at radius 1 is 0.833 bits per heavy atom. The van der Waals surface area contributed by atoms with Crippen molar-refractivity contribution in [1.82, 2.24) is 31.9 Å². The first kappa shape index (κ1) is 36.2. The highest BCUT2D eigenvalue weighted by Crippen LogP contribution is 2.08. The second kappa shape index (κ2) is 19.4. The summed E-state index contributed by atoms with van der Waals surface area (Å²) in [7, 11) is 0. The Hall–Kier alpha value is -3.79. The van der Waals surface area contributed by atoms with Gasteiger partial charge in [0.05, 0.1) is 19.1 Å². The third-order valence-electron chi connectivity index (χ3n) is 6.44. The third kappa shape index (κ3) is 14.7. The molecule has 5 amide bonds. The van der Waals surface area contributed by atoms with Gasteiger partial charge in [-0.05, 0) is 64.0 Å². The molecule has 4 atom stereocenters. The Balaban J connectivity index is 2.72. The second-order valence-corrected chi connectivity index (χ2v) is 10.6. The maximum absolute atomic E-state index is 12.8. The first-order chi connectivity index (χ1) is 19.8. The van der Waals surface area contributed by atoms with Crippen LogP contribution < -0.4 is 37.6 Å². The van der Waals surface area contributed by atoms with Gasteiger partial charge in [0.15, 0.2) is 0 Å². The summed E-state index contributed by atoms with van der Waals surface area (Å²) in [6.45, 7) is 3.82. The number of amides is 5. The van der Waals surface area contributed by atoms with E-state index in [1.54, 1.807) is 13.8 Å². The average Bonchev–Trinajstić information content (AvgIpc) is 3.46. The van der Waals surface area contributed by atoms with E-state index in [1.807, 2.05) is 0 Å². The number of hydrogen-bond acceptors (Lipinski definition) is 9. The summed E-state index contributed by atoms with van der Waals surface area (Å²) in [5.41, 5.74) is 5.53. The average molecular weight is 600 g/mol. The molecule has 16 nitrogen and oxygen atoms in total. The fourth-order valence-electron chi connectivity index (χ4n) is 4.24. The Kier molecular flexibility index (Phi) is 16.7. The lowest BCUT2D eigenvalue weighted by Crippen LogP contribution is -2.55.